The first-order valence-corrected chi connectivity index (χ1v) is 5.65. The fraction of sp³-hybridized carbons (Fsp3) is 0.308. The number of hydrogen-bond acceptors (Lipinski definition) is 3. The molecule has 0 aliphatic heterocycles. The highest BCUT2D eigenvalue weighted by Crippen LogP contribution is 2.13. The third-order valence-electron chi connectivity index (χ3n) is 2.64. The summed E-state index contributed by atoms with van der Waals surface area (Å²) >= 11 is 0. The molecule has 1 N–H and O–H groups in total. The Labute approximate surface area is 102 Å². The summed E-state index contributed by atoms with van der Waals surface area (Å²) in [7, 11) is 6.00. The van der Waals surface area contributed by atoms with Crippen LogP contribution in [-0.4, -0.2) is 23.9 Å². The van der Waals surface area contributed by atoms with Crippen molar-refractivity contribution in [3.63, 3.8) is 0 Å². The molecule has 0 saturated carbocycles. The maximum atomic E-state index is 4.27. The topological polar surface area (TPSA) is 33.1 Å². The third-order valence-corrected chi connectivity index (χ3v) is 2.64. The van der Waals surface area contributed by atoms with Crippen molar-refractivity contribution >= 4 is 11.5 Å². The van der Waals surface area contributed by atoms with Crippen molar-refractivity contribution in [1.29, 1.82) is 0 Å². The van der Waals surface area contributed by atoms with E-state index in [2.05, 4.69) is 39.6 Å². The summed E-state index contributed by atoms with van der Waals surface area (Å²) in [5.74, 6) is 0.907. The Hall–Kier alpha value is -1.97. The Bertz CT molecular complexity index is 470. The van der Waals surface area contributed by atoms with Crippen molar-refractivity contribution in [2.24, 2.45) is 7.05 Å². The molecule has 0 amide bonds. The number of nitrogens with zero attached hydrogens (tertiary/aromatic N) is 3. The van der Waals surface area contributed by atoms with Crippen LogP contribution in [0.5, 0.6) is 0 Å². The van der Waals surface area contributed by atoms with E-state index in [0.29, 0.717) is 0 Å². The maximum absolute atomic E-state index is 4.27. The minimum atomic E-state index is 0.796. The van der Waals surface area contributed by atoms with Gasteiger partial charge >= 0.3 is 0 Å². The average molecular weight is 230 g/mol. The molecule has 90 valence electrons. The molecule has 1 heterocycles. The molecule has 0 fully saturated rings. The average Bonchev–Trinajstić information content (AvgIpc) is 2.73. The fourth-order valence-electron chi connectivity index (χ4n) is 1.61. The number of nitrogens with one attached hydrogen (secondary N) is 1. The molecule has 1 aromatic carbocycles. The van der Waals surface area contributed by atoms with E-state index in [-0.39, 0.29) is 0 Å². The minimum absolute atomic E-state index is 0.796. The summed E-state index contributed by atoms with van der Waals surface area (Å²) in [4.78, 5) is 2.09. The van der Waals surface area contributed by atoms with Crippen LogP contribution in [0.3, 0.4) is 0 Å². The van der Waals surface area contributed by atoms with Crippen LogP contribution in [0, 0.1) is 0 Å². The first-order chi connectivity index (χ1) is 8.15. The highest BCUT2D eigenvalue weighted by molar-refractivity contribution is 5.46. The van der Waals surface area contributed by atoms with E-state index >= 15 is 0 Å². The van der Waals surface area contributed by atoms with Crippen LogP contribution in [0.2, 0.25) is 0 Å². The summed E-state index contributed by atoms with van der Waals surface area (Å²) in [5.41, 5.74) is 2.47. The second-order valence-electron chi connectivity index (χ2n) is 4.29. The van der Waals surface area contributed by atoms with Gasteiger partial charge in [-0.3, -0.25) is 4.68 Å². The molecule has 0 bridgehead atoms. The number of hydrogen-bond donors (Lipinski definition) is 1. The Kier molecular flexibility index (Phi) is 3.32. The summed E-state index contributed by atoms with van der Waals surface area (Å²) in [6.07, 6.45) is 1.93. The van der Waals surface area contributed by atoms with Crippen molar-refractivity contribution in [2.75, 3.05) is 24.3 Å². The number of anilines is 2. The molecule has 0 unspecified atom stereocenters. The van der Waals surface area contributed by atoms with Crippen molar-refractivity contribution in [1.82, 2.24) is 9.78 Å². The Morgan fingerprint density at radius 2 is 1.88 bits per heavy atom. The zero-order valence-corrected chi connectivity index (χ0v) is 10.5. The molecule has 0 spiro atoms. The second kappa shape index (κ2) is 4.91. The standard InChI is InChI=1S/C13H18N4/c1-16(2)12-6-4-11(5-7-12)10-14-13-8-9-17(3)15-13/h4-9H,10H2,1-3H3,(H,14,15). The predicted octanol–water partition coefficient (Wildman–Crippen LogP) is 2.10. The van der Waals surface area contributed by atoms with Gasteiger partial charge in [0, 0.05) is 45.6 Å². The van der Waals surface area contributed by atoms with Gasteiger partial charge in [0.05, 0.1) is 0 Å². The Morgan fingerprint density at radius 3 is 2.41 bits per heavy atom. The van der Waals surface area contributed by atoms with Gasteiger partial charge in [-0.15, -0.1) is 0 Å². The van der Waals surface area contributed by atoms with Gasteiger partial charge in [-0.1, -0.05) is 12.1 Å². The molecular weight excluding hydrogens is 212 g/mol. The van der Waals surface area contributed by atoms with E-state index in [1.807, 2.05) is 33.4 Å². The van der Waals surface area contributed by atoms with Crippen molar-refractivity contribution in [2.45, 2.75) is 6.54 Å². The number of aryl methyl sites for hydroxylation is 1. The molecule has 4 heteroatoms. The zero-order chi connectivity index (χ0) is 12.3. The molecule has 0 saturated heterocycles. The first kappa shape index (κ1) is 11.5. The number of rotatable bonds is 4. The van der Waals surface area contributed by atoms with Crippen LogP contribution in [0.4, 0.5) is 11.5 Å². The molecule has 2 aromatic rings. The fourth-order valence-corrected chi connectivity index (χ4v) is 1.61. The number of benzene rings is 1. The summed E-state index contributed by atoms with van der Waals surface area (Å²) in [5, 5.41) is 7.55. The van der Waals surface area contributed by atoms with Gasteiger partial charge in [0.25, 0.3) is 0 Å². The van der Waals surface area contributed by atoms with Gasteiger partial charge in [0.2, 0.25) is 0 Å². The Morgan fingerprint density at radius 1 is 1.18 bits per heavy atom. The summed E-state index contributed by atoms with van der Waals surface area (Å²) in [6.45, 7) is 0.796. The molecule has 0 radical (unpaired) electrons. The largest absolute Gasteiger partial charge is 0.378 e. The van der Waals surface area contributed by atoms with E-state index in [1.165, 1.54) is 11.3 Å². The molecule has 4 nitrogen and oxygen atoms in total. The summed E-state index contributed by atoms with van der Waals surface area (Å²) in [6, 6.07) is 10.5. The summed E-state index contributed by atoms with van der Waals surface area (Å²) < 4.78 is 1.79. The van der Waals surface area contributed by atoms with Gasteiger partial charge in [-0.25, -0.2) is 0 Å². The molecule has 1 aromatic heterocycles. The number of aromatic nitrogens is 2. The molecular formula is C13H18N4. The highest BCUT2D eigenvalue weighted by Gasteiger charge is 1.98. The van der Waals surface area contributed by atoms with Crippen molar-refractivity contribution < 1.29 is 0 Å². The van der Waals surface area contributed by atoms with E-state index in [9.17, 15) is 0 Å². The molecule has 0 aliphatic carbocycles. The van der Waals surface area contributed by atoms with Gasteiger partial charge in [0.1, 0.15) is 5.82 Å². The van der Waals surface area contributed by atoms with Gasteiger partial charge in [-0.2, -0.15) is 5.10 Å². The maximum Gasteiger partial charge on any atom is 0.148 e. The monoisotopic (exact) mass is 230 g/mol. The lowest BCUT2D eigenvalue weighted by atomic mass is 10.2. The normalized spacial score (nSPS) is 10.3. The van der Waals surface area contributed by atoms with Crippen molar-refractivity contribution in [3.8, 4) is 0 Å². The minimum Gasteiger partial charge on any atom is -0.378 e. The van der Waals surface area contributed by atoms with Gasteiger partial charge in [-0.05, 0) is 17.7 Å². The zero-order valence-electron chi connectivity index (χ0n) is 10.5. The molecule has 0 aliphatic rings. The van der Waals surface area contributed by atoms with Crippen LogP contribution >= 0.6 is 0 Å². The lowest BCUT2D eigenvalue weighted by Crippen LogP contribution is -2.08. The predicted molar refractivity (Wildman–Crippen MR) is 71.3 cm³/mol. The molecule has 17 heavy (non-hydrogen) atoms. The smallest absolute Gasteiger partial charge is 0.148 e. The van der Waals surface area contributed by atoms with Crippen LogP contribution in [0.25, 0.3) is 0 Å². The van der Waals surface area contributed by atoms with E-state index in [4.69, 9.17) is 0 Å². The van der Waals surface area contributed by atoms with Crippen LogP contribution in [0.1, 0.15) is 5.56 Å². The molecule has 0 atom stereocenters. The first-order valence-electron chi connectivity index (χ1n) is 5.65. The van der Waals surface area contributed by atoms with E-state index in [0.717, 1.165) is 12.4 Å². The second-order valence-corrected chi connectivity index (χ2v) is 4.29. The van der Waals surface area contributed by atoms with Crippen LogP contribution in [0.15, 0.2) is 36.5 Å². The van der Waals surface area contributed by atoms with E-state index in [1.54, 1.807) is 4.68 Å². The third kappa shape index (κ3) is 3.00. The SMILES string of the molecule is CN(C)c1ccc(CNc2ccn(C)n2)cc1. The molecule has 2 rings (SSSR count). The van der Waals surface area contributed by atoms with Crippen LogP contribution < -0.4 is 10.2 Å². The van der Waals surface area contributed by atoms with Gasteiger partial charge < -0.3 is 10.2 Å². The lowest BCUT2D eigenvalue weighted by molar-refractivity contribution is 0.768. The highest BCUT2D eigenvalue weighted by atomic mass is 15.3. The van der Waals surface area contributed by atoms with E-state index < -0.39 is 0 Å². The lowest BCUT2D eigenvalue weighted by Gasteiger charge is -2.12. The van der Waals surface area contributed by atoms with Gasteiger partial charge in [0.15, 0.2) is 0 Å². The van der Waals surface area contributed by atoms with Crippen LogP contribution in [-0.2, 0) is 13.6 Å². The quantitative estimate of drug-likeness (QED) is 0.873. The Balaban J connectivity index is 1.95. The van der Waals surface area contributed by atoms with Crippen molar-refractivity contribution in [3.05, 3.63) is 42.1 Å².